The standard InChI is InChI=1S/C25H30N2O2/c1-18(21-12-13-21)27(17-20-8-4-3-5-9-20)25(29)16-24-23-11-7-6-10-22(23)14-15-26(24)19(2)28/h3-11,18,21,24H,12-17H2,1-2H3. The van der Waals surface area contributed by atoms with Crippen LogP contribution in [0.25, 0.3) is 0 Å². The molecule has 2 aromatic carbocycles. The number of rotatable bonds is 6. The lowest BCUT2D eigenvalue weighted by atomic mass is 9.90. The SMILES string of the molecule is CC(=O)N1CCc2ccccc2C1CC(=O)N(Cc1ccccc1)C(C)C1CC1. The molecule has 1 aliphatic heterocycles. The highest BCUT2D eigenvalue weighted by atomic mass is 16.2. The normalized spacial score (nSPS) is 19.4. The van der Waals surface area contributed by atoms with Gasteiger partial charge in [0.15, 0.2) is 0 Å². The number of amides is 2. The molecule has 1 aliphatic carbocycles. The van der Waals surface area contributed by atoms with Gasteiger partial charge in [-0.2, -0.15) is 0 Å². The fourth-order valence-electron chi connectivity index (χ4n) is 4.60. The second-order valence-electron chi connectivity index (χ2n) is 8.47. The number of hydrogen-bond acceptors (Lipinski definition) is 2. The summed E-state index contributed by atoms with van der Waals surface area (Å²) in [5, 5.41) is 0. The van der Waals surface area contributed by atoms with Gasteiger partial charge in [-0.15, -0.1) is 0 Å². The molecule has 2 aliphatic rings. The summed E-state index contributed by atoms with van der Waals surface area (Å²) in [6.45, 7) is 5.10. The first-order valence-electron chi connectivity index (χ1n) is 10.7. The quantitative estimate of drug-likeness (QED) is 0.736. The summed E-state index contributed by atoms with van der Waals surface area (Å²) < 4.78 is 0. The largest absolute Gasteiger partial charge is 0.335 e. The lowest BCUT2D eigenvalue weighted by molar-refractivity contribution is -0.138. The van der Waals surface area contributed by atoms with Crippen molar-refractivity contribution in [3.8, 4) is 0 Å². The molecule has 2 amide bonds. The average Bonchev–Trinajstić information content (AvgIpc) is 3.57. The first kappa shape index (κ1) is 19.7. The Balaban J connectivity index is 1.59. The lowest BCUT2D eigenvalue weighted by Gasteiger charge is -2.38. The Bertz CT molecular complexity index is 875. The Kier molecular flexibility index (Phi) is 5.70. The predicted molar refractivity (Wildman–Crippen MR) is 114 cm³/mol. The van der Waals surface area contributed by atoms with Gasteiger partial charge in [0.1, 0.15) is 0 Å². The molecule has 2 atom stereocenters. The minimum absolute atomic E-state index is 0.0437. The molecule has 2 aromatic rings. The van der Waals surface area contributed by atoms with Crippen LogP contribution >= 0.6 is 0 Å². The van der Waals surface area contributed by atoms with Gasteiger partial charge in [0, 0.05) is 26.1 Å². The Morgan fingerprint density at radius 2 is 1.76 bits per heavy atom. The third kappa shape index (κ3) is 4.36. The predicted octanol–water partition coefficient (Wildman–Crippen LogP) is 4.35. The minimum Gasteiger partial charge on any atom is -0.335 e. The summed E-state index contributed by atoms with van der Waals surface area (Å²) in [5.41, 5.74) is 3.54. The highest BCUT2D eigenvalue weighted by Gasteiger charge is 2.37. The van der Waals surface area contributed by atoms with Gasteiger partial charge in [-0.3, -0.25) is 9.59 Å². The van der Waals surface area contributed by atoms with E-state index in [9.17, 15) is 9.59 Å². The highest BCUT2D eigenvalue weighted by molar-refractivity contribution is 5.80. The smallest absolute Gasteiger partial charge is 0.225 e. The van der Waals surface area contributed by atoms with E-state index in [1.165, 1.54) is 18.4 Å². The molecule has 4 heteroatoms. The molecule has 1 fully saturated rings. The van der Waals surface area contributed by atoms with E-state index in [2.05, 4.69) is 31.2 Å². The Hall–Kier alpha value is -2.62. The van der Waals surface area contributed by atoms with Gasteiger partial charge >= 0.3 is 0 Å². The van der Waals surface area contributed by atoms with Gasteiger partial charge in [-0.05, 0) is 48.8 Å². The molecule has 0 bridgehead atoms. The van der Waals surface area contributed by atoms with Crippen LogP contribution in [-0.2, 0) is 22.6 Å². The number of fused-ring (bicyclic) bond motifs is 1. The van der Waals surface area contributed by atoms with Gasteiger partial charge in [0.25, 0.3) is 0 Å². The van der Waals surface area contributed by atoms with Crippen LogP contribution in [0.1, 0.15) is 55.8 Å². The topological polar surface area (TPSA) is 40.6 Å². The zero-order valence-electron chi connectivity index (χ0n) is 17.4. The maximum atomic E-state index is 13.6. The van der Waals surface area contributed by atoms with E-state index in [-0.39, 0.29) is 23.9 Å². The highest BCUT2D eigenvalue weighted by Crippen LogP contribution is 2.38. The number of benzene rings is 2. The van der Waals surface area contributed by atoms with E-state index >= 15 is 0 Å². The summed E-state index contributed by atoms with van der Waals surface area (Å²) in [6, 6.07) is 18.5. The van der Waals surface area contributed by atoms with Crippen LogP contribution < -0.4 is 0 Å². The van der Waals surface area contributed by atoms with Gasteiger partial charge in [0.05, 0.1) is 12.5 Å². The average molecular weight is 391 g/mol. The summed E-state index contributed by atoms with van der Waals surface area (Å²) >= 11 is 0. The number of carbonyl (C=O) groups is 2. The molecule has 1 saturated carbocycles. The Morgan fingerprint density at radius 1 is 1.07 bits per heavy atom. The maximum absolute atomic E-state index is 13.6. The molecular weight excluding hydrogens is 360 g/mol. The molecule has 29 heavy (non-hydrogen) atoms. The lowest BCUT2D eigenvalue weighted by Crippen LogP contribution is -2.44. The van der Waals surface area contributed by atoms with Crippen LogP contribution in [0.5, 0.6) is 0 Å². The molecule has 0 radical (unpaired) electrons. The van der Waals surface area contributed by atoms with Gasteiger partial charge in [0.2, 0.25) is 11.8 Å². The summed E-state index contributed by atoms with van der Waals surface area (Å²) in [5.74, 6) is 0.786. The van der Waals surface area contributed by atoms with Crippen molar-refractivity contribution in [2.24, 2.45) is 5.92 Å². The van der Waals surface area contributed by atoms with Crippen molar-refractivity contribution in [3.63, 3.8) is 0 Å². The van der Waals surface area contributed by atoms with E-state index in [0.29, 0.717) is 25.4 Å². The summed E-state index contributed by atoms with van der Waals surface area (Å²) in [4.78, 5) is 29.8. The molecule has 0 spiro atoms. The van der Waals surface area contributed by atoms with Crippen LogP contribution in [0.15, 0.2) is 54.6 Å². The second-order valence-corrected chi connectivity index (χ2v) is 8.47. The van der Waals surface area contributed by atoms with Crippen molar-refractivity contribution in [2.75, 3.05) is 6.54 Å². The summed E-state index contributed by atoms with van der Waals surface area (Å²) in [6.07, 6.45) is 3.60. The monoisotopic (exact) mass is 390 g/mol. The zero-order chi connectivity index (χ0) is 20.4. The number of nitrogens with zero attached hydrogens (tertiary/aromatic N) is 2. The van der Waals surface area contributed by atoms with Crippen molar-refractivity contribution in [1.82, 2.24) is 9.80 Å². The first-order chi connectivity index (χ1) is 14.0. The molecule has 0 saturated heterocycles. The van der Waals surface area contributed by atoms with Crippen LogP contribution in [0, 0.1) is 5.92 Å². The second kappa shape index (κ2) is 8.40. The van der Waals surface area contributed by atoms with Gasteiger partial charge in [-0.25, -0.2) is 0 Å². The first-order valence-corrected chi connectivity index (χ1v) is 10.7. The van der Waals surface area contributed by atoms with Gasteiger partial charge in [-0.1, -0.05) is 54.6 Å². The van der Waals surface area contributed by atoms with Crippen molar-refractivity contribution < 1.29 is 9.59 Å². The Labute approximate surface area is 173 Å². The molecule has 4 rings (SSSR count). The third-order valence-corrected chi connectivity index (χ3v) is 6.50. The van der Waals surface area contributed by atoms with E-state index in [4.69, 9.17) is 0 Å². The minimum atomic E-state index is -0.172. The van der Waals surface area contributed by atoms with Crippen LogP contribution in [0.2, 0.25) is 0 Å². The van der Waals surface area contributed by atoms with Crippen LogP contribution in [-0.4, -0.2) is 34.2 Å². The summed E-state index contributed by atoms with van der Waals surface area (Å²) in [7, 11) is 0. The van der Waals surface area contributed by atoms with Crippen LogP contribution in [0.4, 0.5) is 0 Å². The van der Waals surface area contributed by atoms with Crippen molar-refractivity contribution in [2.45, 2.75) is 58.2 Å². The van der Waals surface area contributed by atoms with Crippen molar-refractivity contribution in [3.05, 3.63) is 71.3 Å². The maximum Gasteiger partial charge on any atom is 0.225 e. The fraction of sp³-hybridized carbons (Fsp3) is 0.440. The number of carbonyl (C=O) groups excluding carboxylic acids is 2. The molecule has 1 heterocycles. The van der Waals surface area contributed by atoms with Crippen LogP contribution in [0.3, 0.4) is 0 Å². The third-order valence-electron chi connectivity index (χ3n) is 6.50. The van der Waals surface area contributed by atoms with E-state index in [1.807, 2.05) is 40.1 Å². The van der Waals surface area contributed by atoms with Crippen molar-refractivity contribution >= 4 is 11.8 Å². The molecule has 0 N–H and O–H groups in total. The molecule has 152 valence electrons. The molecule has 2 unspecified atom stereocenters. The van der Waals surface area contributed by atoms with Crippen molar-refractivity contribution in [1.29, 1.82) is 0 Å². The Morgan fingerprint density at radius 3 is 2.45 bits per heavy atom. The van der Waals surface area contributed by atoms with E-state index in [1.54, 1.807) is 6.92 Å². The fourth-order valence-corrected chi connectivity index (χ4v) is 4.60. The van der Waals surface area contributed by atoms with E-state index < -0.39 is 0 Å². The number of hydrogen-bond donors (Lipinski definition) is 0. The zero-order valence-corrected chi connectivity index (χ0v) is 17.4. The molecule has 0 aromatic heterocycles. The van der Waals surface area contributed by atoms with E-state index in [0.717, 1.165) is 17.5 Å². The van der Waals surface area contributed by atoms with Gasteiger partial charge < -0.3 is 9.80 Å². The molecular formula is C25H30N2O2. The molecule has 4 nitrogen and oxygen atoms in total.